The number of amides is 1. The average molecular weight is 294 g/mol. The van der Waals surface area contributed by atoms with Crippen LogP contribution in [0.15, 0.2) is 24.3 Å². The van der Waals surface area contributed by atoms with Crippen LogP contribution in [0.2, 0.25) is 0 Å². The largest absolute Gasteiger partial charge is 0.444 e. The molecule has 0 saturated carbocycles. The minimum atomic E-state index is -0.744. The Morgan fingerprint density at radius 1 is 1.33 bits per heavy atom. The Balaban J connectivity index is 2.38. The zero-order chi connectivity index (χ0) is 16.0. The minimum absolute atomic E-state index is 0.360. The van der Waals surface area contributed by atoms with E-state index in [0.717, 1.165) is 11.1 Å². The van der Waals surface area contributed by atoms with Gasteiger partial charge in [0.2, 0.25) is 0 Å². The fourth-order valence-corrected chi connectivity index (χ4v) is 1.82. The first-order valence-corrected chi connectivity index (χ1v) is 7.16. The van der Waals surface area contributed by atoms with E-state index < -0.39 is 23.8 Å². The second-order valence-electron chi connectivity index (χ2n) is 6.24. The molecule has 0 aliphatic rings. The van der Waals surface area contributed by atoms with Crippen LogP contribution in [0.1, 0.15) is 44.4 Å². The standard InChI is InChI=1S/C16H26N2O3/c1-11-5-7-12(8-6-11)14(19)13(17)9-10-18-15(20)21-16(2,3)4/h5-8,13-14,19H,9-10,17H2,1-4H3,(H,18,20). The number of rotatable bonds is 5. The van der Waals surface area contributed by atoms with Crippen LogP contribution in [0.3, 0.4) is 0 Å². The number of benzene rings is 1. The summed E-state index contributed by atoms with van der Waals surface area (Å²) in [6.07, 6.45) is -0.751. The fraction of sp³-hybridized carbons (Fsp3) is 0.562. The monoisotopic (exact) mass is 294 g/mol. The highest BCUT2D eigenvalue weighted by atomic mass is 16.6. The van der Waals surface area contributed by atoms with E-state index in [1.165, 1.54) is 0 Å². The molecule has 5 nitrogen and oxygen atoms in total. The van der Waals surface area contributed by atoms with Gasteiger partial charge in [-0.25, -0.2) is 4.79 Å². The molecule has 0 aliphatic carbocycles. The van der Waals surface area contributed by atoms with Gasteiger partial charge in [-0.1, -0.05) is 29.8 Å². The van der Waals surface area contributed by atoms with Crippen molar-refractivity contribution in [3.05, 3.63) is 35.4 Å². The molecule has 4 N–H and O–H groups in total. The maximum Gasteiger partial charge on any atom is 0.407 e. The fourth-order valence-electron chi connectivity index (χ4n) is 1.82. The second kappa shape index (κ2) is 7.43. The molecule has 1 aromatic rings. The number of hydrogen-bond donors (Lipinski definition) is 3. The number of hydrogen-bond acceptors (Lipinski definition) is 4. The third kappa shape index (κ3) is 6.60. The summed E-state index contributed by atoms with van der Waals surface area (Å²) in [5, 5.41) is 12.8. The zero-order valence-corrected chi connectivity index (χ0v) is 13.2. The van der Waals surface area contributed by atoms with Crippen molar-refractivity contribution < 1.29 is 14.6 Å². The van der Waals surface area contributed by atoms with E-state index in [1.807, 2.05) is 31.2 Å². The molecule has 0 aliphatic heterocycles. The summed E-state index contributed by atoms with van der Waals surface area (Å²) in [5.74, 6) is 0. The first-order valence-electron chi connectivity index (χ1n) is 7.16. The molecule has 0 radical (unpaired) electrons. The number of ether oxygens (including phenoxy) is 1. The van der Waals surface area contributed by atoms with Crippen molar-refractivity contribution in [2.24, 2.45) is 5.73 Å². The number of aliphatic hydroxyl groups is 1. The van der Waals surface area contributed by atoms with Gasteiger partial charge in [-0.15, -0.1) is 0 Å². The van der Waals surface area contributed by atoms with Crippen molar-refractivity contribution in [3.8, 4) is 0 Å². The predicted octanol–water partition coefficient (Wildman–Crippen LogP) is 2.27. The summed E-state index contributed by atoms with van der Waals surface area (Å²) in [4.78, 5) is 11.5. The molecule has 5 heteroatoms. The summed E-state index contributed by atoms with van der Waals surface area (Å²) in [5.41, 5.74) is 7.35. The lowest BCUT2D eigenvalue weighted by Gasteiger charge is -2.21. The van der Waals surface area contributed by atoms with Crippen LogP contribution in [0.25, 0.3) is 0 Å². The summed E-state index contributed by atoms with van der Waals surface area (Å²) in [7, 11) is 0. The van der Waals surface area contributed by atoms with Gasteiger partial charge in [0, 0.05) is 12.6 Å². The smallest absolute Gasteiger partial charge is 0.407 e. The van der Waals surface area contributed by atoms with E-state index in [2.05, 4.69) is 5.32 Å². The van der Waals surface area contributed by atoms with Crippen molar-refractivity contribution in [3.63, 3.8) is 0 Å². The maximum atomic E-state index is 11.5. The van der Waals surface area contributed by atoms with Gasteiger partial charge in [0.15, 0.2) is 0 Å². The van der Waals surface area contributed by atoms with Crippen molar-refractivity contribution >= 4 is 6.09 Å². The van der Waals surface area contributed by atoms with Crippen LogP contribution < -0.4 is 11.1 Å². The molecule has 2 atom stereocenters. The van der Waals surface area contributed by atoms with Gasteiger partial charge >= 0.3 is 6.09 Å². The molecule has 0 bridgehead atoms. The van der Waals surface area contributed by atoms with Gasteiger partial charge in [0.25, 0.3) is 0 Å². The summed E-state index contributed by atoms with van der Waals surface area (Å²) in [6, 6.07) is 7.15. The second-order valence-corrected chi connectivity index (χ2v) is 6.24. The normalized spacial score (nSPS) is 14.4. The quantitative estimate of drug-likeness (QED) is 0.777. The summed E-state index contributed by atoms with van der Waals surface area (Å²) < 4.78 is 5.12. The summed E-state index contributed by atoms with van der Waals surface area (Å²) in [6.45, 7) is 7.76. The highest BCUT2D eigenvalue weighted by Gasteiger charge is 2.18. The average Bonchev–Trinajstić information content (AvgIpc) is 2.36. The van der Waals surface area contributed by atoms with E-state index >= 15 is 0 Å². The van der Waals surface area contributed by atoms with Crippen LogP contribution in [0.4, 0.5) is 4.79 Å². The van der Waals surface area contributed by atoms with Gasteiger partial charge in [-0.3, -0.25) is 0 Å². The van der Waals surface area contributed by atoms with Gasteiger partial charge in [0.05, 0.1) is 6.10 Å². The number of nitrogens with one attached hydrogen (secondary N) is 1. The van der Waals surface area contributed by atoms with Gasteiger partial charge in [0.1, 0.15) is 5.60 Å². The third-order valence-electron chi connectivity index (χ3n) is 2.97. The molecule has 0 aromatic heterocycles. The van der Waals surface area contributed by atoms with E-state index in [-0.39, 0.29) is 0 Å². The molecule has 118 valence electrons. The Morgan fingerprint density at radius 2 is 1.90 bits per heavy atom. The lowest BCUT2D eigenvalue weighted by atomic mass is 9.99. The number of nitrogens with two attached hydrogens (primary N) is 1. The topological polar surface area (TPSA) is 84.6 Å². The Labute approximate surface area is 126 Å². The lowest BCUT2D eigenvalue weighted by molar-refractivity contribution is 0.0521. The van der Waals surface area contributed by atoms with Gasteiger partial charge < -0.3 is 20.9 Å². The Kier molecular flexibility index (Phi) is 6.18. The lowest BCUT2D eigenvalue weighted by Crippen LogP contribution is -2.37. The first kappa shape index (κ1) is 17.5. The highest BCUT2D eigenvalue weighted by molar-refractivity contribution is 5.67. The van der Waals surface area contributed by atoms with Crippen LogP contribution in [0, 0.1) is 6.92 Å². The number of aliphatic hydroxyl groups excluding tert-OH is 1. The first-order chi connectivity index (χ1) is 9.69. The molecule has 0 heterocycles. The van der Waals surface area contributed by atoms with Gasteiger partial charge in [-0.2, -0.15) is 0 Å². The van der Waals surface area contributed by atoms with E-state index in [9.17, 15) is 9.90 Å². The number of aryl methyl sites for hydroxylation is 1. The predicted molar refractivity (Wildman–Crippen MR) is 83.0 cm³/mol. The Bertz CT molecular complexity index is 452. The maximum absolute atomic E-state index is 11.5. The molecule has 1 amide bonds. The van der Waals surface area contributed by atoms with E-state index in [4.69, 9.17) is 10.5 Å². The van der Waals surface area contributed by atoms with Crippen molar-refractivity contribution in [2.45, 2.75) is 51.9 Å². The van der Waals surface area contributed by atoms with Crippen molar-refractivity contribution in [1.82, 2.24) is 5.32 Å². The van der Waals surface area contributed by atoms with Gasteiger partial charge in [-0.05, 0) is 39.7 Å². The van der Waals surface area contributed by atoms with Crippen LogP contribution in [0.5, 0.6) is 0 Å². The minimum Gasteiger partial charge on any atom is -0.444 e. The SMILES string of the molecule is Cc1ccc(C(O)C(N)CCNC(=O)OC(C)(C)C)cc1. The van der Waals surface area contributed by atoms with Crippen LogP contribution >= 0.6 is 0 Å². The third-order valence-corrected chi connectivity index (χ3v) is 2.97. The molecule has 0 fully saturated rings. The van der Waals surface area contributed by atoms with Crippen LogP contribution in [-0.2, 0) is 4.74 Å². The molecular weight excluding hydrogens is 268 g/mol. The molecule has 0 saturated heterocycles. The zero-order valence-electron chi connectivity index (χ0n) is 13.2. The number of alkyl carbamates (subject to hydrolysis) is 1. The number of carbonyl (C=O) groups is 1. The molecule has 21 heavy (non-hydrogen) atoms. The molecule has 2 unspecified atom stereocenters. The summed E-state index contributed by atoms with van der Waals surface area (Å²) >= 11 is 0. The van der Waals surface area contributed by atoms with E-state index in [1.54, 1.807) is 20.8 Å². The Hall–Kier alpha value is -1.59. The van der Waals surface area contributed by atoms with Crippen molar-refractivity contribution in [1.29, 1.82) is 0 Å². The number of carbonyl (C=O) groups excluding carboxylic acids is 1. The van der Waals surface area contributed by atoms with E-state index in [0.29, 0.717) is 13.0 Å². The molecule has 0 spiro atoms. The molecule has 1 rings (SSSR count). The molecule has 1 aromatic carbocycles. The highest BCUT2D eigenvalue weighted by Crippen LogP contribution is 2.17. The van der Waals surface area contributed by atoms with Crippen LogP contribution in [-0.4, -0.2) is 29.4 Å². The van der Waals surface area contributed by atoms with Crippen molar-refractivity contribution in [2.75, 3.05) is 6.54 Å². The Morgan fingerprint density at radius 3 is 2.43 bits per heavy atom. The molecular formula is C16H26N2O3.